The number of nitrogens with zero attached hydrogens (tertiary/aromatic N) is 3. The molecule has 1 amide bonds. The Labute approximate surface area is 137 Å². The molecule has 1 aromatic heterocycles. The summed E-state index contributed by atoms with van der Waals surface area (Å²) in [6.07, 6.45) is 7.09. The minimum Gasteiger partial charge on any atom is -0.396 e. The van der Waals surface area contributed by atoms with Gasteiger partial charge in [0.2, 0.25) is 0 Å². The monoisotopic (exact) mass is 321 g/mol. The highest BCUT2D eigenvalue weighted by atomic mass is 16.5. The first-order chi connectivity index (χ1) is 11.3. The highest BCUT2D eigenvalue weighted by molar-refractivity contribution is 5.97. The maximum Gasteiger partial charge on any atom is 0.271 e. The number of carbonyl (C=O) groups is 1. The predicted molar refractivity (Wildman–Crippen MR) is 88.4 cm³/mol. The average molecular weight is 321 g/mol. The third-order valence-corrected chi connectivity index (χ3v) is 4.75. The van der Waals surface area contributed by atoms with Gasteiger partial charge in [-0.15, -0.1) is 0 Å². The van der Waals surface area contributed by atoms with E-state index in [1.54, 1.807) is 6.20 Å². The minimum atomic E-state index is -0.103. The number of morpholine rings is 1. The van der Waals surface area contributed by atoms with Crippen molar-refractivity contribution in [3.63, 3.8) is 0 Å². The van der Waals surface area contributed by atoms with E-state index in [0.29, 0.717) is 24.0 Å². The average Bonchev–Trinajstić information content (AvgIpc) is 3.21. The molecule has 0 spiro atoms. The van der Waals surface area contributed by atoms with Crippen LogP contribution in [0.2, 0.25) is 0 Å². The van der Waals surface area contributed by atoms with E-state index in [9.17, 15) is 4.79 Å². The van der Waals surface area contributed by atoms with Gasteiger partial charge in [-0.2, -0.15) is 5.10 Å². The summed E-state index contributed by atoms with van der Waals surface area (Å²) in [6, 6.07) is 0.321. The Morgan fingerprint density at radius 3 is 2.83 bits per heavy atom. The van der Waals surface area contributed by atoms with Crippen molar-refractivity contribution >= 4 is 11.6 Å². The third-order valence-electron chi connectivity index (χ3n) is 4.75. The first-order valence-corrected chi connectivity index (χ1v) is 8.67. The smallest absolute Gasteiger partial charge is 0.271 e. The third kappa shape index (κ3) is 4.03. The molecular formula is C16H27N5O2. The van der Waals surface area contributed by atoms with Crippen LogP contribution in [-0.4, -0.2) is 60.0 Å². The topological polar surface area (TPSA) is 85.4 Å². The fourth-order valence-corrected chi connectivity index (χ4v) is 3.45. The Morgan fingerprint density at radius 2 is 2.09 bits per heavy atom. The van der Waals surface area contributed by atoms with Gasteiger partial charge in [0.25, 0.3) is 5.91 Å². The molecular weight excluding hydrogens is 294 g/mol. The highest BCUT2D eigenvalue weighted by Gasteiger charge is 2.25. The number of nitrogen functional groups attached to an aromatic ring is 1. The molecule has 7 nitrogen and oxygen atoms in total. The molecule has 2 heterocycles. The number of ether oxygens (including phenoxy) is 1. The second-order valence-corrected chi connectivity index (χ2v) is 6.39. The standard InChI is InChI=1S/C16H27N5O2/c17-14-12-19-21(13-4-1-2-5-13)15(14)16(22)18-6-3-7-20-8-10-23-11-9-20/h12-13H,1-11,17H2,(H,18,22). The zero-order chi connectivity index (χ0) is 16.1. The van der Waals surface area contributed by atoms with Crippen LogP contribution in [0.4, 0.5) is 5.69 Å². The summed E-state index contributed by atoms with van der Waals surface area (Å²) in [5, 5.41) is 7.32. The van der Waals surface area contributed by atoms with E-state index in [4.69, 9.17) is 10.5 Å². The Kier molecular flexibility index (Phi) is 5.51. The molecule has 3 rings (SSSR count). The summed E-state index contributed by atoms with van der Waals surface area (Å²) in [6.45, 7) is 5.23. The van der Waals surface area contributed by atoms with Crippen LogP contribution in [0.3, 0.4) is 0 Å². The first kappa shape index (κ1) is 16.3. The van der Waals surface area contributed by atoms with Gasteiger partial charge in [-0.1, -0.05) is 12.8 Å². The number of anilines is 1. The molecule has 1 saturated carbocycles. The summed E-state index contributed by atoms with van der Waals surface area (Å²) in [5.74, 6) is -0.103. The first-order valence-electron chi connectivity index (χ1n) is 8.67. The predicted octanol–water partition coefficient (Wildman–Crippen LogP) is 1.03. The van der Waals surface area contributed by atoms with Gasteiger partial charge in [-0.05, 0) is 25.8 Å². The van der Waals surface area contributed by atoms with Gasteiger partial charge >= 0.3 is 0 Å². The van der Waals surface area contributed by atoms with Gasteiger partial charge in [0, 0.05) is 19.6 Å². The number of nitrogens with two attached hydrogens (primary N) is 1. The van der Waals surface area contributed by atoms with E-state index >= 15 is 0 Å². The molecule has 23 heavy (non-hydrogen) atoms. The lowest BCUT2D eigenvalue weighted by Gasteiger charge is -2.26. The van der Waals surface area contributed by atoms with Crippen LogP contribution in [-0.2, 0) is 4.74 Å². The second kappa shape index (κ2) is 7.79. The van der Waals surface area contributed by atoms with Gasteiger partial charge < -0.3 is 15.8 Å². The van der Waals surface area contributed by atoms with Crippen molar-refractivity contribution in [1.82, 2.24) is 20.0 Å². The lowest BCUT2D eigenvalue weighted by atomic mass is 10.2. The van der Waals surface area contributed by atoms with Crippen LogP contribution < -0.4 is 11.1 Å². The van der Waals surface area contributed by atoms with Crippen molar-refractivity contribution in [1.29, 1.82) is 0 Å². The van der Waals surface area contributed by atoms with Gasteiger partial charge in [-0.25, -0.2) is 0 Å². The van der Waals surface area contributed by atoms with E-state index in [0.717, 1.165) is 52.1 Å². The molecule has 7 heteroatoms. The lowest BCUT2D eigenvalue weighted by molar-refractivity contribution is 0.0374. The maximum atomic E-state index is 12.5. The Bertz CT molecular complexity index is 519. The molecule has 0 bridgehead atoms. The summed E-state index contributed by atoms with van der Waals surface area (Å²) in [7, 11) is 0. The maximum absolute atomic E-state index is 12.5. The molecule has 0 unspecified atom stereocenters. The van der Waals surface area contributed by atoms with Crippen molar-refractivity contribution in [3.8, 4) is 0 Å². The summed E-state index contributed by atoms with van der Waals surface area (Å²) >= 11 is 0. The largest absolute Gasteiger partial charge is 0.396 e. The zero-order valence-electron chi connectivity index (χ0n) is 13.7. The Morgan fingerprint density at radius 1 is 1.35 bits per heavy atom. The van der Waals surface area contributed by atoms with Crippen molar-refractivity contribution in [2.75, 3.05) is 45.1 Å². The summed E-state index contributed by atoms with van der Waals surface area (Å²) in [5.41, 5.74) is 6.97. The molecule has 1 saturated heterocycles. The Balaban J connectivity index is 1.49. The number of carbonyl (C=O) groups excluding carboxylic acids is 1. The number of aromatic nitrogens is 2. The Hall–Kier alpha value is -1.60. The molecule has 0 aromatic carbocycles. The van der Waals surface area contributed by atoms with Crippen LogP contribution in [0.15, 0.2) is 6.20 Å². The quantitative estimate of drug-likeness (QED) is 0.765. The second-order valence-electron chi connectivity index (χ2n) is 6.39. The van der Waals surface area contributed by atoms with Crippen molar-refractivity contribution in [2.45, 2.75) is 38.1 Å². The van der Waals surface area contributed by atoms with Crippen molar-refractivity contribution in [3.05, 3.63) is 11.9 Å². The van der Waals surface area contributed by atoms with Crippen LogP contribution in [0.25, 0.3) is 0 Å². The molecule has 128 valence electrons. The lowest BCUT2D eigenvalue weighted by Crippen LogP contribution is -2.38. The molecule has 1 aliphatic carbocycles. The van der Waals surface area contributed by atoms with Gasteiger partial charge in [0.05, 0.1) is 31.1 Å². The molecule has 1 aromatic rings. The number of nitrogens with one attached hydrogen (secondary N) is 1. The van der Waals surface area contributed by atoms with Gasteiger partial charge in [-0.3, -0.25) is 14.4 Å². The van der Waals surface area contributed by atoms with Gasteiger partial charge in [0.1, 0.15) is 5.69 Å². The summed E-state index contributed by atoms with van der Waals surface area (Å²) < 4.78 is 7.17. The van der Waals surface area contributed by atoms with Crippen LogP contribution in [0.5, 0.6) is 0 Å². The molecule has 0 atom stereocenters. The van der Waals surface area contributed by atoms with E-state index in [-0.39, 0.29) is 5.91 Å². The number of amides is 1. The van der Waals surface area contributed by atoms with Crippen molar-refractivity contribution in [2.24, 2.45) is 0 Å². The van der Waals surface area contributed by atoms with Crippen molar-refractivity contribution < 1.29 is 9.53 Å². The molecule has 1 aliphatic heterocycles. The highest BCUT2D eigenvalue weighted by Crippen LogP contribution is 2.31. The van der Waals surface area contributed by atoms with Crippen LogP contribution in [0.1, 0.15) is 48.6 Å². The van der Waals surface area contributed by atoms with Crippen LogP contribution in [0, 0.1) is 0 Å². The fourth-order valence-electron chi connectivity index (χ4n) is 3.45. The number of hydrogen-bond donors (Lipinski definition) is 2. The molecule has 2 aliphatic rings. The normalized spacial score (nSPS) is 20.0. The fraction of sp³-hybridized carbons (Fsp3) is 0.750. The SMILES string of the molecule is Nc1cnn(C2CCCC2)c1C(=O)NCCCN1CCOCC1. The number of hydrogen-bond acceptors (Lipinski definition) is 5. The van der Waals surface area contributed by atoms with Crippen LogP contribution >= 0.6 is 0 Å². The zero-order valence-corrected chi connectivity index (χ0v) is 13.7. The molecule has 0 radical (unpaired) electrons. The van der Waals surface area contributed by atoms with E-state index in [2.05, 4.69) is 15.3 Å². The number of rotatable bonds is 6. The molecule has 3 N–H and O–H groups in total. The minimum absolute atomic E-state index is 0.103. The summed E-state index contributed by atoms with van der Waals surface area (Å²) in [4.78, 5) is 14.8. The van der Waals surface area contributed by atoms with E-state index < -0.39 is 0 Å². The van der Waals surface area contributed by atoms with E-state index in [1.165, 1.54) is 12.8 Å². The van der Waals surface area contributed by atoms with E-state index in [1.807, 2.05) is 4.68 Å². The molecule has 2 fully saturated rings. The van der Waals surface area contributed by atoms with Gasteiger partial charge in [0.15, 0.2) is 0 Å².